The van der Waals surface area contributed by atoms with Crippen LogP contribution in [-0.2, 0) is 6.61 Å². The number of hydrogen-bond donors (Lipinski definition) is 1. The highest BCUT2D eigenvalue weighted by molar-refractivity contribution is 5.61. The number of benzene rings is 1. The normalized spacial score (nSPS) is 10.7. The minimum atomic E-state index is -0.478. The summed E-state index contributed by atoms with van der Waals surface area (Å²) in [4.78, 5) is 3.99. The van der Waals surface area contributed by atoms with E-state index < -0.39 is 5.82 Å². The van der Waals surface area contributed by atoms with E-state index >= 15 is 0 Å². The van der Waals surface area contributed by atoms with Crippen LogP contribution in [0.1, 0.15) is 5.56 Å². The van der Waals surface area contributed by atoms with Crippen LogP contribution in [0.4, 0.5) is 4.39 Å². The highest BCUT2D eigenvalue weighted by atomic mass is 19.1. The Bertz CT molecular complexity index is 725. The Morgan fingerprint density at radius 2 is 1.90 bits per heavy atom. The van der Waals surface area contributed by atoms with E-state index in [0.29, 0.717) is 11.4 Å². The molecule has 100 valence electrons. The first-order valence-electron chi connectivity index (χ1n) is 6.13. The molecule has 0 unspecified atom stereocenters. The zero-order valence-electron chi connectivity index (χ0n) is 10.6. The van der Waals surface area contributed by atoms with Gasteiger partial charge in [0.1, 0.15) is 5.82 Å². The summed E-state index contributed by atoms with van der Waals surface area (Å²) < 4.78 is 14.7. The van der Waals surface area contributed by atoms with Crippen LogP contribution in [0.25, 0.3) is 16.9 Å². The van der Waals surface area contributed by atoms with Crippen molar-refractivity contribution < 1.29 is 9.50 Å². The number of pyridine rings is 1. The van der Waals surface area contributed by atoms with E-state index in [1.165, 1.54) is 10.7 Å². The SMILES string of the molecule is OCc1cc(F)cnc1-n1cc(-c2ccccc2)cn1. The predicted molar refractivity (Wildman–Crippen MR) is 72.7 cm³/mol. The Morgan fingerprint density at radius 1 is 1.10 bits per heavy atom. The van der Waals surface area contributed by atoms with Crippen molar-refractivity contribution in [2.45, 2.75) is 6.61 Å². The van der Waals surface area contributed by atoms with E-state index in [1.807, 2.05) is 30.3 Å². The third-order valence-electron chi connectivity index (χ3n) is 2.99. The summed E-state index contributed by atoms with van der Waals surface area (Å²) in [6.07, 6.45) is 4.62. The van der Waals surface area contributed by atoms with Gasteiger partial charge in [0.15, 0.2) is 5.82 Å². The van der Waals surface area contributed by atoms with Crippen molar-refractivity contribution in [3.05, 3.63) is 66.4 Å². The molecule has 0 aliphatic carbocycles. The van der Waals surface area contributed by atoms with Crippen LogP contribution in [0.3, 0.4) is 0 Å². The summed E-state index contributed by atoms with van der Waals surface area (Å²) in [7, 11) is 0. The van der Waals surface area contributed by atoms with E-state index in [1.54, 1.807) is 12.4 Å². The molecule has 1 N–H and O–H groups in total. The maximum atomic E-state index is 13.1. The molecule has 0 aliphatic heterocycles. The fourth-order valence-corrected chi connectivity index (χ4v) is 2.01. The van der Waals surface area contributed by atoms with Gasteiger partial charge in [-0.25, -0.2) is 14.1 Å². The topological polar surface area (TPSA) is 50.9 Å². The lowest BCUT2D eigenvalue weighted by molar-refractivity contribution is 0.280. The highest BCUT2D eigenvalue weighted by Gasteiger charge is 2.09. The van der Waals surface area contributed by atoms with Crippen molar-refractivity contribution in [1.29, 1.82) is 0 Å². The monoisotopic (exact) mass is 269 g/mol. The molecule has 0 saturated carbocycles. The summed E-state index contributed by atoms with van der Waals surface area (Å²) >= 11 is 0. The van der Waals surface area contributed by atoms with Crippen molar-refractivity contribution in [1.82, 2.24) is 14.8 Å². The zero-order valence-corrected chi connectivity index (χ0v) is 10.6. The van der Waals surface area contributed by atoms with Gasteiger partial charge < -0.3 is 5.11 Å². The number of aliphatic hydroxyl groups excluding tert-OH is 1. The van der Waals surface area contributed by atoms with Gasteiger partial charge in [-0.1, -0.05) is 30.3 Å². The standard InChI is InChI=1S/C15H12FN3O/c16-14-6-12(10-20)15(17-8-14)19-9-13(7-18-19)11-4-2-1-3-5-11/h1-9,20H,10H2. The third kappa shape index (κ3) is 2.31. The first kappa shape index (κ1) is 12.5. The second kappa shape index (κ2) is 5.22. The molecular formula is C15H12FN3O. The molecule has 4 nitrogen and oxygen atoms in total. The van der Waals surface area contributed by atoms with Gasteiger partial charge >= 0.3 is 0 Å². The molecule has 0 spiro atoms. The van der Waals surface area contributed by atoms with Crippen LogP contribution in [0.2, 0.25) is 0 Å². The molecule has 0 fully saturated rings. The van der Waals surface area contributed by atoms with Gasteiger partial charge in [0.25, 0.3) is 0 Å². The number of aliphatic hydroxyl groups is 1. The Labute approximate surface area is 115 Å². The minimum Gasteiger partial charge on any atom is -0.392 e. The summed E-state index contributed by atoms with van der Waals surface area (Å²) in [5, 5.41) is 13.5. The number of rotatable bonds is 3. The zero-order chi connectivity index (χ0) is 13.9. The van der Waals surface area contributed by atoms with Gasteiger partial charge in [-0.2, -0.15) is 5.10 Å². The molecule has 0 saturated heterocycles. The van der Waals surface area contributed by atoms with Crippen LogP contribution < -0.4 is 0 Å². The third-order valence-corrected chi connectivity index (χ3v) is 2.99. The van der Waals surface area contributed by atoms with Gasteiger partial charge in [0.05, 0.1) is 19.0 Å². The minimum absolute atomic E-state index is 0.291. The van der Waals surface area contributed by atoms with Crippen LogP contribution in [-0.4, -0.2) is 19.9 Å². The molecule has 2 heterocycles. The molecule has 0 radical (unpaired) electrons. The lowest BCUT2D eigenvalue weighted by Crippen LogP contribution is -2.04. The molecule has 3 rings (SSSR count). The number of hydrogen-bond acceptors (Lipinski definition) is 3. The predicted octanol–water partition coefficient (Wildman–Crippen LogP) is 2.57. The van der Waals surface area contributed by atoms with Crippen LogP contribution in [0, 0.1) is 5.82 Å². The molecule has 0 atom stereocenters. The molecule has 1 aromatic carbocycles. The van der Waals surface area contributed by atoms with Crippen LogP contribution in [0.15, 0.2) is 55.0 Å². The van der Waals surface area contributed by atoms with Crippen molar-refractivity contribution in [3.8, 4) is 16.9 Å². The molecule has 2 aromatic heterocycles. The van der Waals surface area contributed by atoms with Gasteiger partial charge in [0.2, 0.25) is 0 Å². The van der Waals surface area contributed by atoms with Crippen molar-refractivity contribution in [2.75, 3.05) is 0 Å². The smallest absolute Gasteiger partial charge is 0.159 e. The Balaban J connectivity index is 2.02. The fourth-order valence-electron chi connectivity index (χ4n) is 2.01. The van der Waals surface area contributed by atoms with E-state index in [4.69, 9.17) is 0 Å². The molecule has 3 aromatic rings. The lowest BCUT2D eigenvalue weighted by Gasteiger charge is -2.05. The fraction of sp³-hybridized carbons (Fsp3) is 0.0667. The average molecular weight is 269 g/mol. The molecule has 5 heteroatoms. The van der Waals surface area contributed by atoms with Crippen LogP contribution >= 0.6 is 0 Å². The van der Waals surface area contributed by atoms with E-state index in [0.717, 1.165) is 17.3 Å². The number of aromatic nitrogens is 3. The molecular weight excluding hydrogens is 257 g/mol. The molecule has 0 amide bonds. The van der Waals surface area contributed by atoms with Gasteiger partial charge in [-0.05, 0) is 11.6 Å². The van der Waals surface area contributed by atoms with Gasteiger partial charge in [-0.3, -0.25) is 0 Å². The van der Waals surface area contributed by atoms with Gasteiger partial charge in [0, 0.05) is 17.3 Å². The first-order valence-corrected chi connectivity index (χ1v) is 6.13. The second-order valence-electron chi connectivity index (χ2n) is 4.33. The maximum Gasteiger partial charge on any atom is 0.159 e. The molecule has 0 aliphatic rings. The van der Waals surface area contributed by atoms with Crippen molar-refractivity contribution in [2.24, 2.45) is 0 Å². The van der Waals surface area contributed by atoms with E-state index in [2.05, 4.69) is 10.1 Å². The van der Waals surface area contributed by atoms with Crippen LogP contribution in [0.5, 0.6) is 0 Å². The summed E-state index contributed by atoms with van der Waals surface area (Å²) in [6, 6.07) is 11.0. The van der Waals surface area contributed by atoms with Gasteiger partial charge in [-0.15, -0.1) is 0 Å². The average Bonchev–Trinajstić information content (AvgIpc) is 2.97. The summed E-state index contributed by atoms with van der Waals surface area (Å²) in [5.41, 5.74) is 2.36. The lowest BCUT2D eigenvalue weighted by atomic mass is 10.1. The quantitative estimate of drug-likeness (QED) is 0.795. The molecule has 20 heavy (non-hydrogen) atoms. The Hall–Kier alpha value is -2.53. The molecule has 0 bridgehead atoms. The van der Waals surface area contributed by atoms with Crippen molar-refractivity contribution in [3.63, 3.8) is 0 Å². The Morgan fingerprint density at radius 3 is 2.65 bits per heavy atom. The van der Waals surface area contributed by atoms with Crippen molar-refractivity contribution >= 4 is 0 Å². The maximum absolute atomic E-state index is 13.1. The van der Waals surface area contributed by atoms with E-state index in [9.17, 15) is 9.50 Å². The Kier molecular flexibility index (Phi) is 3.26. The first-order chi connectivity index (χ1) is 9.78. The van der Waals surface area contributed by atoms with E-state index in [-0.39, 0.29) is 6.61 Å². The number of halogens is 1. The second-order valence-corrected chi connectivity index (χ2v) is 4.33. The number of nitrogens with zero attached hydrogens (tertiary/aromatic N) is 3. The summed E-state index contributed by atoms with van der Waals surface area (Å²) in [6.45, 7) is -0.291. The summed E-state index contributed by atoms with van der Waals surface area (Å²) in [5.74, 6) is -0.0516. The largest absolute Gasteiger partial charge is 0.392 e. The highest BCUT2D eigenvalue weighted by Crippen LogP contribution is 2.20.